The molecule has 64 valence electrons. The van der Waals surface area contributed by atoms with Crippen LogP contribution in [0.4, 0.5) is 0 Å². The molecule has 2 nitrogen and oxygen atoms in total. The summed E-state index contributed by atoms with van der Waals surface area (Å²) in [5.74, 6) is 0.817. The third kappa shape index (κ3) is 1.09. The normalized spacial score (nSPS) is 49.6. The first-order chi connectivity index (χ1) is 5.24. The third-order valence-electron chi connectivity index (χ3n) is 3.58. The van der Waals surface area contributed by atoms with Gasteiger partial charge in [0.15, 0.2) is 0 Å². The Bertz CT molecular complexity index is 150. The summed E-state index contributed by atoms with van der Waals surface area (Å²) in [6.07, 6.45) is 3.82. The van der Waals surface area contributed by atoms with Gasteiger partial charge in [-0.2, -0.15) is 0 Å². The fourth-order valence-electron chi connectivity index (χ4n) is 2.61. The Kier molecular flexibility index (Phi) is 1.69. The van der Waals surface area contributed by atoms with Gasteiger partial charge in [0.1, 0.15) is 0 Å². The first-order valence-corrected chi connectivity index (χ1v) is 4.76. The monoisotopic (exact) mass is 154 g/mol. The number of nitrogens with two attached hydrogens (primary N) is 1. The maximum Gasteiger partial charge on any atom is 0.0310 e. The molecule has 0 aliphatic carbocycles. The third-order valence-corrected chi connectivity index (χ3v) is 3.58. The van der Waals surface area contributed by atoms with Crippen LogP contribution < -0.4 is 5.73 Å². The van der Waals surface area contributed by atoms with Crippen LogP contribution in [-0.4, -0.2) is 30.1 Å². The highest BCUT2D eigenvalue weighted by Gasteiger charge is 2.42. The molecule has 0 amide bonds. The van der Waals surface area contributed by atoms with Gasteiger partial charge in [-0.3, -0.25) is 0 Å². The lowest BCUT2D eigenvalue weighted by Gasteiger charge is -2.51. The van der Waals surface area contributed by atoms with E-state index in [2.05, 4.69) is 11.8 Å². The van der Waals surface area contributed by atoms with Crippen molar-refractivity contribution in [1.82, 2.24) is 4.90 Å². The summed E-state index contributed by atoms with van der Waals surface area (Å²) in [6.45, 7) is 5.96. The van der Waals surface area contributed by atoms with Crippen LogP contribution in [0.2, 0.25) is 0 Å². The molecule has 2 bridgehead atoms. The largest absolute Gasteiger partial charge is 0.324 e. The zero-order valence-corrected chi connectivity index (χ0v) is 7.34. The van der Waals surface area contributed by atoms with Crippen LogP contribution in [-0.2, 0) is 0 Å². The van der Waals surface area contributed by atoms with E-state index in [-0.39, 0.29) is 5.54 Å². The summed E-state index contributed by atoms with van der Waals surface area (Å²) in [7, 11) is 0. The molecule has 3 rings (SSSR count). The summed E-state index contributed by atoms with van der Waals surface area (Å²) in [6, 6.07) is 0. The van der Waals surface area contributed by atoms with Gasteiger partial charge in [0.2, 0.25) is 0 Å². The smallest absolute Gasteiger partial charge is 0.0310 e. The van der Waals surface area contributed by atoms with Crippen molar-refractivity contribution in [3.8, 4) is 0 Å². The average molecular weight is 154 g/mol. The summed E-state index contributed by atoms with van der Waals surface area (Å²) in [4.78, 5) is 2.52. The molecule has 3 aliphatic heterocycles. The Morgan fingerprint density at radius 2 is 2.09 bits per heavy atom. The van der Waals surface area contributed by atoms with Crippen molar-refractivity contribution in [2.24, 2.45) is 11.7 Å². The van der Waals surface area contributed by atoms with E-state index < -0.39 is 0 Å². The van der Waals surface area contributed by atoms with Gasteiger partial charge in [0, 0.05) is 12.1 Å². The van der Waals surface area contributed by atoms with E-state index in [4.69, 9.17) is 5.73 Å². The molecule has 3 aliphatic rings. The second kappa shape index (κ2) is 2.46. The highest BCUT2D eigenvalue weighted by Crippen LogP contribution is 2.35. The number of piperidine rings is 3. The first kappa shape index (κ1) is 7.56. The molecule has 0 radical (unpaired) electrons. The summed E-state index contributed by atoms with van der Waals surface area (Å²) in [5.41, 5.74) is 6.47. The summed E-state index contributed by atoms with van der Waals surface area (Å²) in [5, 5.41) is 0. The molecule has 0 saturated carbocycles. The molecule has 2 N–H and O–H groups in total. The van der Waals surface area contributed by atoms with Crippen molar-refractivity contribution in [3.63, 3.8) is 0 Å². The van der Waals surface area contributed by atoms with Gasteiger partial charge in [-0.1, -0.05) is 6.92 Å². The number of nitrogens with zero attached hydrogens (tertiary/aromatic N) is 1. The second-order valence-corrected chi connectivity index (χ2v) is 4.14. The quantitative estimate of drug-likeness (QED) is 0.606. The fraction of sp³-hybridized carbons (Fsp3) is 1.00. The standard InChI is InChI=1S/C9H18N2/c1-2-9(10)7-11-5-3-8(9)4-6-11/h8H,2-7,10H2,1H3/t9-/m0/s1. The highest BCUT2D eigenvalue weighted by molar-refractivity contribution is 5.00. The lowest BCUT2D eigenvalue weighted by molar-refractivity contribution is 0.0267. The molecule has 0 aromatic heterocycles. The molecule has 3 heterocycles. The van der Waals surface area contributed by atoms with Crippen molar-refractivity contribution in [2.45, 2.75) is 31.7 Å². The topological polar surface area (TPSA) is 29.3 Å². The molecule has 0 aromatic rings. The van der Waals surface area contributed by atoms with Crippen LogP contribution in [0.1, 0.15) is 26.2 Å². The molecule has 11 heavy (non-hydrogen) atoms. The zero-order valence-electron chi connectivity index (χ0n) is 7.34. The summed E-state index contributed by atoms with van der Waals surface area (Å²) >= 11 is 0. The minimum absolute atomic E-state index is 0.163. The van der Waals surface area contributed by atoms with Crippen molar-refractivity contribution in [2.75, 3.05) is 19.6 Å². The Balaban J connectivity index is 2.13. The molecule has 0 spiro atoms. The number of rotatable bonds is 1. The zero-order chi connectivity index (χ0) is 7.90. The van der Waals surface area contributed by atoms with Gasteiger partial charge in [-0.05, 0) is 38.3 Å². The Labute approximate surface area is 68.7 Å². The number of fused-ring (bicyclic) bond motifs is 3. The second-order valence-electron chi connectivity index (χ2n) is 4.14. The van der Waals surface area contributed by atoms with Gasteiger partial charge in [-0.25, -0.2) is 0 Å². The molecule has 1 atom stereocenters. The predicted octanol–water partition coefficient (Wildman–Crippen LogP) is 0.819. The lowest BCUT2D eigenvalue weighted by atomic mass is 9.72. The van der Waals surface area contributed by atoms with Crippen molar-refractivity contribution >= 4 is 0 Å². The van der Waals surface area contributed by atoms with Crippen LogP contribution >= 0.6 is 0 Å². The molecule has 0 unspecified atom stereocenters. The minimum atomic E-state index is 0.163. The van der Waals surface area contributed by atoms with Crippen LogP contribution in [0.3, 0.4) is 0 Å². The van der Waals surface area contributed by atoms with Crippen molar-refractivity contribution in [3.05, 3.63) is 0 Å². The first-order valence-electron chi connectivity index (χ1n) is 4.76. The van der Waals surface area contributed by atoms with E-state index in [1.54, 1.807) is 0 Å². The fourth-order valence-corrected chi connectivity index (χ4v) is 2.61. The van der Waals surface area contributed by atoms with Gasteiger partial charge in [-0.15, -0.1) is 0 Å². The Morgan fingerprint density at radius 1 is 1.45 bits per heavy atom. The SMILES string of the molecule is CC[C@]1(N)CN2CCC1CC2. The van der Waals surface area contributed by atoms with Gasteiger partial charge >= 0.3 is 0 Å². The van der Waals surface area contributed by atoms with E-state index in [9.17, 15) is 0 Å². The van der Waals surface area contributed by atoms with E-state index in [1.807, 2.05) is 0 Å². The van der Waals surface area contributed by atoms with Crippen LogP contribution in [0.25, 0.3) is 0 Å². The highest BCUT2D eigenvalue weighted by atomic mass is 15.2. The molecule has 3 fully saturated rings. The summed E-state index contributed by atoms with van der Waals surface area (Å²) < 4.78 is 0. The van der Waals surface area contributed by atoms with E-state index >= 15 is 0 Å². The number of hydrogen-bond donors (Lipinski definition) is 1. The van der Waals surface area contributed by atoms with Gasteiger partial charge < -0.3 is 10.6 Å². The number of hydrogen-bond acceptors (Lipinski definition) is 2. The predicted molar refractivity (Wildman–Crippen MR) is 46.4 cm³/mol. The van der Waals surface area contributed by atoms with Gasteiger partial charge in [0.05, 0.1) is 0 Å². The minimum Gasteiger partial charge on any atom is -0.324 e. The van der Waals surface area contributed by atoms with Crippen LogP contribution in [0.5, 0.6) is 0 Å². The molecule has 3 saturated heterocycles. The van der Waals surface area contributed by atoms with Crippen LogP contribution in [0, 0.1) is 5.92 Å². The van der Waals surface area contributed by atoms with E-state index in [0.717, 1.165) is 18.9 Å². The average Bonchev–Trinajstić information content (AvgIpc) is 2.06. The maximum absolute atomic E-state index is 6.30. The molecular weight excluding hydrogens is 136 g/mol. The Morgan fingerprint density at radius 3 is 2.36 bits per heavy atom. The van der Waals surface area contributed by atoms with E-state index in [1.165, 1.54) is 25.9 Å². The molecular formula is C9H18N2. The molecule has 0 aromatic carbocycles. The van der Waals surface area contributed by atoms with Gasteiger partial charge in [0.25, 0.3) is 0 Å². The molecule has 2 heteroatoms. The lowest BCUT2D eigenvalue weighted by Crippen LogP contribution is -2.63. The van der Waals surface area contributed by atoms with E-state index in [0.29, 0.717) is 0 Å². The van der Waals surface area contributed by atoms with Crippen LogP contribution in [0.15, 0.2) is 0 Å². The maximum atomic E-state index is 6.30. The van der Waals surface area contributed by atoms with Crippen molar-refractivity contribution in [1.29, 1.82) is 0 Å². The van der Waals surface area contributed by atoms with Crippen molar-refractivity contribution < 1.29 is 0 Å². The Hall–Kier alpha value is -0.0800.